The summed E-state index contributed by atoms with van der Waals surface area (Å²) in [7, 11) is 0. The van der Waals surface area contributed by atoms with Gasteiger partial charge in [-0.2, -0.15) is 0 Å². The van der Waals surface area contributed by atoms with Gasteiger partial charge < -0.3 is 21.1 Å². The van der Waals surface area contributed by atoms with Gasteiger partial charge in [0.1, 0.15) is 5.82 Å². The second kappa shape index (κ2) is 5.88. The number of anilines is 2. The van der Waals surface area contributed by atoms with Gasteiger partial charge in [-0.3, -0.25) is 0 Å². The molecule has 0 saturated carbocycles. The Balaban J connectivity index is 2.01. The van der Waals surface area contributed by atoms with Crippen molar-refractivity contribution < 1.29 is 9.90 Å². The molecule has 0 amide bonds. The molecule has 1 aliphatic heterocycles. The Morgan fingerprint density at radius 1 is 1.58 bits per heavy atom. The zero-order chi connectivity index (χ0) is 13.8. The van der Waals surface area contributed by atoms with Crippen LogP contribution < -0.4 is 11.1 Å². The fourth-order valence-electron chi connectivity index (χ4n) is 2.41. The summed E-state index contributed by atoms with van der Waals surface area (Å²) in [6.45, 7) is 5.22. The number of hydrogen-bond acceptors (Lipinski definition) is 5. The van der Waals surface area contributed by atoms with Crippen molar-refractivity contribution in [2.75, 3.05) is 30.7 Å². The molecule has 1 aromatic heterocycles. The van der Waals surface area contributed by atoms with Crippen LogP contribution in [0.15, 0.2) is 12.3 Å². The third kappa shape index (κ3) is 3.35. The molecule has 1 atom stereocenters. The molecule has 0 spiro atoms. The van der Waals surface area contributed by atoms with Crippen LogP contribution in [0.5, 0.6) is 0 Å². The van der Waals surface area contributed by atoms with Gasteiger partial charge in [-0.05, 0) is 38.9 Å². The van der Waals surface area contributed by atoms with Gasteiger partial charge in [-0.25, -0.2) is 9.78 Å². The average molecular weight is 264 g/mol. The maximum Gasteiger partial charge on any atom is 0.337 e. The normalized spacial score (nSPS) is 17.3. The first-order chi connectivity index (χ1) is 9.08. The molecule has 1 aliphatic rings. The molecule has 1 fully saturated rings. The molecular weight excluding hydrogens is 244 g/mol. The number of carboxylic acid groups (broad SMARTS) is 1. The number of hydrogen-bond donors (Lipinski definition) is 3. The number of likely N-dealkylation sites (tertiary alicyclic amines) is 1. The Morgan fingerprint density at radius 2 is 2.26 bits per heavy atom. The van der Waals surface area contributed by atoms with Gasteiger partial charge in [0.05, 0.1) is 11.3 Å². The maximum atomic E-state index is 11.0. The first-order valence-corrected chi connectivity index (χ1v) is 6.54. The zero-order valence-electron chi connectivity index (χ0n) is 11.1. The zero-order valence-corrected chi connectivity index (χ0v) is 11.1. The summed E-state index contributed by atoms with van der Waals surface area (Å²) in [4.78, 5) is 17.5. The van der Waals surface area contributed by atoms with E-state index in [2.05, 4.69) is 15.2 Å². The van der Waals surface area contributed by atoms with Gasteiger partial charge in [0.15, 0.2) is 0 Å². The van der Waals surface area contributed by atoms with E-state index in [1.54, 1.807) is 0 Å². The van der Waals surface area contributed by atoms with E-state index in [-0.39, 0.29) is 17.3 Å². The molecule has 0 aromatic carbocycles. The Labute approximate surface area is 112 Å². The summed E-state index contributed by atoms with van der Waals surface area (Å²) >= 11 is 0. The van der Waals surface area contributed by atoms with Gasteiger partial charge in [0.2, 0.25) is 0 Å². The molecule has 104 valence electrons. The van der Waals surface area contributed by atoms with Crippen molar-refractivity contribution in [3.05, 3.63) is 17.8 Å². The van der Waals surface area contributed by atoms with Gasteiger partial charge in [-0.1, -0.05) is 0 Å². The lowest BCUT2D eigenvalue weighted by Crippen LogP contribution is -2.33. The van der Waals surface area contributed by atoms with Crippen molar-refractivity contribution in [1.29, 1.82) is 0 Å². The SMILES string of the molecule is CC(CN1CCCC1)Nc1nccc(C(=O)O)c1N. The minimum Gasteiger partial charge on any atom is -0.478 e. The first-order valence-electron chi connectivity index (χ1n) is 6.54. The van der Waals surface area contributed by atoms with Crippen LogP contribution in [0, 0.1) is 0 Å². The highest BCUT2D eigenvalue weighted by Gasteiger charge is 2.17. The molecule has 4 N–H and O–H groups in total. The van der Waals surface area contributed by atoms with Crippen LogP contribution >= 0.6 is 0 Å². The largest absolute Gasteiger partial charge is 0.478 e. The van der Waals surface area contributed by atoms with Gasteiger partial charge in [-0.15, -0.1) is 0 Å². The van der Waals surface area contributed by atoms with Crippen LogP contribution in [0.4, 0.5) is 11.5 Å². The first kappa shape index (κ1) is 13.6. The van der Waals surface area contributed by atoms with Crippen LogP contribution in [0.3, 0.4) is 0 Å². The fourth-order valence-corrected chi connectivity index (χ4v) is 2.41. The monoisotopic (exact) mass is 264 g/mol. The summed E-state index contributed by atoms with van der Waals surface area (Å²) in [6.07, 6.45) is 3.97. The molecule has 0 radical (unpaired) electrons. The summed E-state index contributed by atoms with van der Waals surface area (Å²) in [5, 5.41) is 12.2. The van der Waals surface area contributed by atoms with Crippen LogP contribution in [0.2, 0.25) is 0 Å². The molecule has 1 aromatic rings. The van der Waals surface area contributed by atoms with E-state index in [9.17, 15) is 4.79 Å². The fraction of sp³-hybridized carbons (Fsp3) is 0.538. The van der Waals surface area contributed by atoms with Crippen molar-refractivity contribution in [3.63, 3.8) is 0 Å². The van der Waals surface area contributed by atoms with Crippen LogP contribution in [-0.2, 0) is 0 Å². The lowest BCUT2D eigenvalue weighted by atomic mass is 10.2. The quantitative estimate of drug-likeness (QED) is 0.741. The number of carbonyl (C=O) groups is 1. The predicted molar refractivity (Wildman–Crippen MR) is 74.4 cm³/mol. The highest BCUT2D eigenvalue weighted by molar-refractivity contribution is 5.96. The van der Waals surface area contributed by atoms with Crippen molar-refractivity contribution in [2.45, 2.75) is 25.8 Å². The highest BCUT2D eigenvalue weighted by atomic mass is 16.4. The Bertz CT molecular complexity index is 458. The third-order valence-corrected chi connectivity index (χ3v) is 3.33. The van der Waals surface area contributed by atoms with E-state index in [1.807, 2.05) is 6.92 Å². The highest BCUT2D eigenvalue weighted by Crippen LogP contribution is 2.21. The Morgan fingerprint density at radius 3 is 2.89 bits per heavy atom. The number of aromatic nitrogens is 1. The smallest absolute Gasteiger partial charge is 0.337 e. The van der Waals surface area contributed by atoms with Gasteiger partial charge in [0.25, 0.3) is 0 Å². The molecule has 19 heavy (non-hydrogen) atoms. The van der Waals surface area contributed by atoms with E-state index in [0.29, 0.717) is 5.82 Å². The second-order valence-electron chi connectivity index (χ2n) is 4.98. The molecule has 6 nitrogen and oxygen atoms in total. The lowest BCUT2D eigenvalue weighted by molar-refractivity contribution is 0.0698. The van der Waals surface area contributed by atoms with Crippen molar-refractivity contribution in [1.82, 2.24) is 9.88 Å². The summed E-state index contributed by atoms with van der Waals surface area (Å²) in [6, 6.07) is 1.59. The number of pyridine rings is 1. The molecule has 1 saturated heterocycles. The Hall–Kier alpha value is -1.82. The number of aromatic carboxylic acids is 1. The number of nitrogen functional groups attached to an aromatic ring is 1. The van der Waals surface area contributed by atoms with Crippen LogP contribution in [0.25, 0.3) is 0 Å². The summed E-state index contributed by atoms with van der Waals surface area (Å²) in [5.74, 6) is -0.582. The topological polar surface area (TPSA) is 91.5 Å². The van der Waals surface area contributed by atoms with E-state index >= 15 is 0 Å². The van der Waals surface area contributed by atoms with Crippen LogP contribution in [-0.4, -0.2) is 46.6 Å². The number of nitrogens with two attached hydrogens (primary N) is 1. The van der Waals surface area contributed by atoms with Crippen molar-refractivity contribution in [3.8, 4) is 0 Å². The minimum absolute atomic E-state index is 0.0888. The number of nitrogens with one attached hydrogen (secondary N) is 1. The Kier molecular flexibility index (Phi) is 4.21. The van der Waals surface area contributed by atoms with Gasteiger partial charge >= 0.3 is 5.97 Å². The second-order valence-corrected chi connectivity index (χ2v) is 4.98. The van der Waals surface area contributed by atoms with Crippen LogP contribution in [0.1, 0.15) is 30.1 Å². The van der Waals surface area contributed by atoms with E-state index < -0.39 is 5.97 Å². The van der Waals surface area contributed by atoms with Crippen molar-refractivity contribution >= 4 is 17.5 Å². The third-order valence-electron chi connectivity index (χ3n) is 3.33. The maximum absolute atomic E-state index is 11.0. The average Bonchev–Trinajstić information content (AvgIpc) is 2.84. The van der Waals surface area contributed by atoms with Crippen molar-refractivity contribution in [2.24, 2.45) is 0 Å². The standard InChI is InChI=1S/C13H20N4O2/c1-9(8-17-6-2-3-7-17)16-12-11(14)10(13(18)19)4-5-15-12/h4-5,9H,2-3,6-8,14H2,1H3,(H,15,16)(H,18,19). The molecule has 1 unspecified atom stereocenters. The minimum atomic E-state index is -1.03. The van der Waals surface area contributed by atoms with E-state index in [1.165, 1.54) is 25.1 Å². The van der Waals surface area contributed by atoms with Gasteiger partial charge in [0, 0.05) is 18.8 Å². The van der Waals surface area contributed by atoms with E-state index in [4.69, 9.17) is 10.8 Å². The predicted octanol–water partition coefficient (Wildman–Crippen LogP) is 1.26. The summed E-state index contributed by atoms with van der Waals surface area (Å²) < 4.78 is 0. The number of carboxylic acids is 1. The molecule has 0 bridgehead atoms. The molecule has 2 heterocycles. The molecule has 2 rings (SSSR count). The summed E-state index contributed by atoms with van der Waals surface area (Å²) in [5.41, 5.74) is 6.11. The lowest BCUT2D eigenvalue weighted by Gasteiger charge is -2.22. The number of rotatable bonds is 5. The molecule has 6 heteroatoms. The number of nitrogens with zero attached hydrogens (tertiary/aromatic N) is 2. The molecule has 0 aliphatic carbocycles. The molecular formula is C13H20N4O2. The van der Waals surface area contributed by atoms with E-state index in [0.717, 1.165) is 19.6 Å².